The Morgan fingerprint density at radius 1 is 0.870 bits per heavy atom. The number of amides is 3. The molecule has 0 spiro atoms. The van der Waals surface area contributed by atoms with Crippen LogP contribution in [0.15, 0.2) is 42.5 Å². The van der Waals surface area contributed by atoms with Crippen molar-refractivity contribution in [2.24, 2.45) is 0 Å². The predicted molar refractivity (Wildman–Crippen MR) is 88.4 cm³/mol. The maximum Gasteiger partial charge on any atom is 0.316 e. The second kappa shape index (κ2) is 7.13. The molecule has 0 aliphatic heterocycles. The standard InChI is InChI=1S/C15H11Cl2N3O3/c16-11-6-5-10(7-12(11)17)19-14(22)15(23)20-13(21)8-1-3-9(18)4-2-8/h1-7H,18H2,(H,19,22)(H,20,21,23). The van der Waals surface area contributed by atoms with Crippen molar-refractivity contribution >= 4 is 52.3 Å². The molecule has 2 aromatic carbocycles. The van der Waals surface area contributed by atoms with Crippen LogP contribution in [0.3, 0.4) is 0 Å². The topological polar surface area (TPSA) is 101 Å². The summed E-state index contributed by atoms with van der Waals surface area (Å²) in [5, 5.41) is 4.82. The third kappa shape index (κ3) is 4.45. The first-order valence-electron chi connectivity index (χ1n) is 6.34. The molecule has 0 unspecified atom stereocenters. The van der Waals surface area contributed by atoms with E-state index in [2.05, 4.69) is 5.32 Å². The molecule has 0 saturated heterocycles. The molecule has 0 heterocycles. The van der Waals surface area contributed by atoms with E-state index in [9.17, 15) is 14.4 Å². The average Bonchev–Trinajstić information content (AvgIpc) is 2.51. The van der Waals surface area contributed by atoms with Crippen LogP contribution in [0.4, 0.5) is 11.4 Å². The summed E-state index contributed by atoms with van der Waals surface area (Å²) in [7, 11) is 0. The van der Waals surface area contributed by atoms with Gasteiger partial charge in [-0.3, -0.25) is 19.7 Å². The van der Waals surface area contributed by atoms with Crippen LogP contribution in [0, 0.1) is 0 Å². The molecular formula is C15H11Cl2N3O3. The Labute approximate surface area is 141 Å². The first kappa shape index (κ1) is 16.8. The van der Waals surface area contributed by atoms with Crippen molar-refractivity contribution in [3.05, 3.63) is 58.1 Å². The van der Waals surface area contributed by atoms with Gasteiger partial charge in [0.15, 0.2) is 0 Å². The normalized spacial score (nSPS) is 10.0. The van der Waals surface area contributed by atoms with Crippen LogP contribution in [0.1, 0.15) is 10.4 Å². The Balaban J connectivity index is 1.99. The Kier molecular flexibility index (Phi) is 5.20. The zero-order chi connectivity index (χ0) is 17.0. The van der Waals surface area contributed by atoms with E-state index in [-0.39, 0.29) is 16.3 Å². The second-order valence-electron chi connectivity index (χ2n) is 4.49. The molecule has 0 aliphatic rings. The maximum absolute atomic E-state index is 11.8. The van der Waals surface area contributed by atoms with Crippen LogP contribution >= 0.6 is 23.2 Å². The number of carbonyl (C=O) groups excluding carboxylic acids is 3. The quantitative estimate of drug-likeness (QED) is 0.571. The molecular weight excluding hydrogens is 341 g/mol. The van der Waals surface area contributed by atoms with E-state index in [1.807, 2.05) is 5.32 Å². The van der Waals surface area contributed by atoms with Gasteiger partial charge in [0.25, 0.3) is 5.91 Å². The van der Waals surface area contributed by atoms with Gasteiger partial charge in [-0.2, -0.15) is 0 Å². The fourth-order valence-electron chi connectivity index (χ4n) is 1.63. The number of anilines is 2. The minimum Gasteiger partial charge on any atom is -0.399 e. The number of hydrogen-bond donors (Lipinski definition) is 3. The van der Waals surface area contributed by atoms with Crippen LogP contribution < -0.4 is 16.4 Å². The third-order valence-electron chi connectivity index (χ3n) is 2.78. The first-order chi connectivity index (χ1) is 10.9. The number of rotatable bonds is 2. The van der Waals surface area contributed by atoms with Gasteiger partial charge in [0, 0.05) is 16.9 Å². The van der Waals surface area contributed by atoms with Crippen molar-refractivity contribution in [3.63, 3.8) is 0 Å². The Bertz CT molecular complexity index is 776. The third-order valence-corrected chi connectivity index (χ3v) is 3.52. The molecule has 0 radical (unpaired) electrons. The Morgan fingerprint density at radius 3 is 2.13 bits per heavy atom. The molecule has 23 heavy (non-hydrogen) atoms. The first-order valence-corrected chi connectivity index (χ1v) is 7.09. The largest absolute Gasteiger partial charge is 0.399 e. The number of nitrogens with one attached hydrogen (secondary N) is 2. The summed E-state index contributed by atoms with van der Waals surface area (Å²) in [4.78, 5) is 35.3. The molecule has 2 aromatic rings. The number of nitrogens with two attached hydrogens (primary N) is 1. The molecule has 4 N–H and O–H groups in total. The van der Waals surface area contributed by atoms with Crippen molar-refractivity contribution in [2.75, 3.05) is 11.1 Å². The SMILES string of the molecule is Nc1ccc(C(=O)NC(=O)C(=O)Nc2ccc(Cl)c(Cl)c2)cc1. The Morgan fingerprint density at radius 2 is 1.52 bits per heavy atom. The van der Waals surface area contributed by atoms with E-state index in [0.717, 1.165) is 0 Å². The lowest BCUT2D eigenvalue weighted by Gasteiger charge is -2.07. The Hall–Kier alpha value is -2.57. The molecule has 118 valence electrons. The number of hydrogen-bond acceptors (Lipinski definition) is 4. The van der Waals surface area contributed by atoms with E-state index in [1.54, 1.807) is 0 Å². The highest BCUT2D eigenvalue weighted by molar-refractivity contribution is 6.43. The van der Waals surface area contributed by atoms with Crippen LogP contribution in [0.25, 0.3) is 0 Å². The summed E-state index contributed by atoms with van der Waals surface area (Å²) in [5.74, 6) is -2.82. The molecule has 3 amide bonds. The number of imide groups is 1. The van der Waals surface area contributed by atoms with Crippen molar-refractivity contribution in [3.8, 4) is 0 Å². The maximum atomic E-state index is 11.8. The summed E-state index contributed by atoms with van der Waals surface area (Å²) in [5.41, 5.74) is 6.46. The lowest BCUT2D eigenvalue weighted by Crippen LogP contribution is -2.39. The lowest BCUT2D eigenvalue weighted by atomic mass is 10.2. The molecule has 0 atom stereocenters. The van der Waals surface area contributed by atoms with E-state index >= 15 is 0 Å². The molecule has 2 rings (SSSR count). The van der Waals surface area contributed by atoms with Crippen molar-refractivity contribution in [1.82, 2.24) is 5.32 Å². The van der Waals surface area contributed by atoms with Gasteiger partial charge in [-0.15, -0.1) is 0 Å². The molecule has 0 aliphatic carbocycles. The minimum atomic E-state index is -1.10. The van der Waals surface area contributed by atoms with Gasteiger partial charge >= 0.3 is 11.8 Å². The van der Waals surface area contributed by atoms with E-state index < -0.39 is 17.7 Å². The molecule has 6 nitrogen and oxygen atoms in total. The second-order valence-corrected chi connectivity index (χ2v) is 5.30. The van der Waals surface area contributed by atoms with Gasteiger partial charge < -0.3 is 11.1 Å². The molecule has 0 saturated carbocycles. The number of carbonyl (C=O) groups is 3. The van der Waals surface area contributed by atoms with Crippen molar-refractivity contribution in [1.29, 1.82) is 0 Å². The highest BCUT2D eigenvalue weighted by Crippen LogP contribution is 2.24. The van der Waals surface area contributed by atoms with Gasteiger partial charge in [-0.05, 0) is 42.5 Å². The predicted octanol–water partition coefficient (Wildman–Crippen LogP) is 2.47. The smallest absolute Gasteiger partial charge is 0.316 e. The molecule has 8 heteroatoms. The summed E-state index contributed by atoms with van der Waals surface area (Å²) >= 11 is 11.6. The van der Waals surface area contributed by atoms with Crippen LogP contribution in [-0.2, 0) is 9.59 Å². The number of nitrogen functional groups attached to an aromatic ring is 1. The summed E-state index contributed by atoms with van der Waals surface area (Å²) in [6, 6.07) is 10.2. The van der Waals surface area contributed by atoms with Crippen LogP contribution in [0.5, 0.6) is 0 Å². The minimum absolute atomic E-state index is 0.204. The van der Waals surface area contributed by atoms with E-state index in [1.165, 1.54) is 42.5 Å². The van der Waals surface area contributed by atoms with Crippen LogP contribution in [0.2, 0.25) is 10.0 Å². The summed E-state index contributed by atoms with van der Waals surface area (Å²) in [6.45, 7) is 0. The van der Waals surface area contributed by atoms with Crippen molar-refractivity contribution in [2.45, 2.75) is 0 Å². The summed E-state index contributed by atoms with van der Waals surface area (Å²) < 4.78 is 0. The average molecular weight is 352 g/mol. The number of benzene rings is 2. The van der Waals surface area contributed by atoms with Gasteiger partial charge in [-0.25, -0.2) is 0 Å². The van der Waals surface area contributed by atoms with Crippen molar-refractivity contribution < 1.29 is 14.4 Å². The summed E-state index contributed by atoms with van der Waals surface area (Å²) in [6.07, 6.45) is 0. The van der Waals surface area contributed by atoms with Crippen LogP contribution in [-0.4, -0.2) is 17.7 Å². The number of halogens is 2. The molecule has 0 aromatic heterocycles. The van der Waals surface area contributed by atoms with Gasteiger partial charge in [0.1, 0.15) is 0 Å². The monoisotopic (exact) mass is 351 g/mol. The fraction of sp³-hybridized carbons (Fsp3) is 0. The van der Waals surface area contributed by atoms with Gasteiger partial charge in [-0.1, -0.05) is 23.2 Å². The van der Waals surface area contributed by atoms with Gasteiger partial charge in [0.2, 0.25) is 0 Å². The zero-order valence-corrected chi connectivity index (χ0v) is 13.1. The van der Waals surface area contributed by atoms with E-state index in [0.29, 0.717) is 10.7 Å². The zero-order valence-electron chi connectivity index (χ0n) is 11.6. The fourth-order valence-corrected chi connectivity index (χ4v) is 1.93. The molecule has 0 bridgehead atoms. The highest BCUT2D eigenvalue weighted by atomic mass is 35.5. The molecule has 0 fully saturated rings. The van der Waals surface area contributed by atoms with Gasteiger partial charge in [0.05, 0.1) is 10.0 Å². The highest BCUT2D eigenvalue weighted by Gasteiger charge is 2.18. The lowest BCUT2D eigenvalue weighted by molar-refractivity contribution is -0.135. The van der Waals surface area contributed by atoms with E-state index in [4.69, 9.17) is 28.9 Å².